The van der Waals surface area contributed by atoms with Gasteiger partial charge in [0.2, 0.25) is 0 Å². The highest BCUT2D eigenvalue weighted by atomic mass is 15.3. The van der Waals surface area contributed by atoms with E-state index in [1.54, 1.807) is 12.5 Å². The van der Waals surface area contributed by atoms with Gasteiger partial charge in [0, 0.05) is 36.5 Å². The van der Waals surface area contributed by atoms with Crippen molar-refractivity contribution in [3.8, 4) is 23.1 Å². The molecule has 0 unspecified atom stereocenters. The van der Waals surface area contributed by atoms with Crippen molar-refractivity contribution >= 4 is 11.0 Å². The molecule has 6 rings (SSSR count). The van der Waals surface area contributed by atoms with Crippen LogP contribution >= 0.6 is 0 Å². The third-order valence-electron chi connectivity index (χ3n) is 6.62. The Morgan fingerprint density at radius 1 is 1.03 bits per heavy atom. The molecule has 0 saturated heterocycles. The summed E-state index contributed by atoms with van der Waals surface area (Å²) in [4.78, 5) is 13.5. The highest BCUT2D eigenvalue weighted by Crippen LogP contribution is 2.33. The van der Waals surface area contributed by atoms with Crippen LogP contribution in [-0.4, -0.2) is 34.5 Å². The number of pyridine rings is 1. The Hall–Kier alpha value is -4.38. The van der Waals surface area contributed by atoms with Gasteiger partial charge < -0.3 is 0 Å². The van der Waals surface area contributed by atoms with Gasteiger partial charge in [-0.3, -0.25) is 9.67 Å². The van der Waals surface area contributed by atoms with E-state index in [0.29, 0.717) is 17.9 Å². The van der Waals surface area contributed by atoms with E-state index in [2.05, 4.69) is 37.7 Å². The molecule has 0 radical (unpaired) electrons. The number of nitriles is 1. The molecule has 5 aromatic rings. The summed E-state index contributed by atoms with van der Waals surface area (Å²) in [5, 5.41) is 18.8. The first-order chi connectivity index (χ1) is 17.1. The summed E-state index contributed by atoms with van der Waals surface area (Å²) >= 11 is 0. The second-order valence-corrected chi connectivity index (χ2v) is 9.15. The van der Waals surface area contributed by atoms with E-state index in [4.69, 9.17) is 10.4 Å². The van der Waals surface area contributed by atoms with Crippen molar-refractivity contribution in [3.63, 3.8) is 0 Å². The molecule has 0 atom stereocenters. The summed E-state index contributed by atoms with van der Waals surface area (Å²) in [6.07, 6.45) is 6.53. The van der Waals surface area contributed by atoms with Gasteiger partial charge in [-0.05, 0) is 62.4 Å². The molecule has 0 N–H and O–H groups in total. The fraction of sp³-hybridized carbons (Fsp3) is 0.259. The van der Waals surface area contributed by atoms with Crippen LogP contribution in [0.5, 0.6) is 0 Å². The maximum absolute atomic E-state index is 9.15. The van der Waals surface area contributed by atoms with Gasteiger partial charge in [-0.2, -0.15) is 15.5 Å². The summed E-state index contributed by atoms with van der Waals surface area (Å²) in [7, 11) is 0. The molecule has 1 aromatic carbocycles. The van der Waals surface area contributed by atoms with E-state index in [1.807, 2.05) is 54.1 Å². The Balaban J connectivity index is 1.38. The summed E-state index contributed by atoms with van der Waals surface area (Å²) in [6.45, 7) is 4.99. The molecular formula is C27H24N8. The largest absolute Gasteiger partial charge is 0.268 e. The second kappa shape index (κ2) is 8.44. The van der Waals surface area contributed by atoms with Crippen LogP contribution in [0.15, 0.2) is 55.0 Å². The van der Waals surface area contributed by atoms with Gasteiger partial charge in [0.15, 0.2) is 5.82 Å². The fourth-order valence-corrected chi connectivity index (χ4v) is 4.53. The molecule has 4 aromatic heterocycles. The summed E-state index contributed by atoms with van der Waals surface area (Å²) in [5.41, 5.74) is 8.49. The van der Waals surface area contributed by atoms with Gasteiger partial charge in [0.1, 0.15) is 11.8 Å². The van der Waals surface area contributed by atoms with Gasteiger partial charge in [-0.15, -0.1) is 0 Å². The van der Waals surface area contributed by atoms with Crippen LogP contribution < -0.4 is 0 Å². The topological polar surface area (TPSA) is 98.1 Å². The van der Waals surface area contributed by atoms with Crippen molar-refractivity contribution in [2.75, 3.05) is 0 Å². The van der Waals surface area contributed by atoms with E-state index >= 15 is 0 Å². The maximum atomic E-state index is 9.15. The van der Waals surface area contributed by atoms with Crippen LogP contribution in [0.25, 0.3) is 28.1 Å². The molecule has 0 spiro atoms. The summed E-state index contributed by atoms with van der Waals surface area (Å²) < 4.78 is 3.99. The molecule has 1 saturated carbocycles. The Bertz CT molecular complexity index is 1580. The minimum Gasteiger partial charge on any atom is -0.268 e. The van der Waals surface area contributed by atoms with E-state index in [1.165, 1.54) is 12.8 Å². The lowest BCUT2D eigenvalue weighted by Gasteiger charge is -2.09. The van der Waals surface area contributed by atoms with Crippen LogP contribution in [0.1, 0.15) is 41.1 Å². The first-order valence-electron chi connectivity index (χ1n) is 11.8. The normalized spacial score (nSPS) is 13.3. The quantitative estimate of drug-likeness (QED) is 0.368. The van der Waals surface area contributed by atoms with Crippen LogP contribution in [-0.2, 0) is 13.0 Å². The Morgan fingerprint density at radius 3 is 2.63 bits per heavy atom. The van der Waals surface area contributed by atoms with Crippen molar-refractivity contribution in [2.45, 2.75) is 39.7 Å². The molecule has 4 heterocycles. The third-order valence-corrected chi connectivity index (χ3v) is 6.62. The van der Waals surface area contributed by atoms with Gasteiger partial charge in [-0.25, -0.2) is 14.6 Å². The highest BCUT2D eigenvalue weighted by Gasteiger charge is 2.25. The predicted molar refractivity (Wildman–Crippen MR) is 132 cm³/mol. The smallest absolute Gasteiger partial charge is 0.157 e. The minimum absolute atomic E-state index is 0.647. The molecule has 1 fully saturated rings. The summed E-state index contributed by atoms with van der Waals surface area (Å²) in [6, 6.07) is 15.7. The predicted octanol–water partition coefficient (Wildman–Crippen LogP) is 4.56. The van der Waals surface area contributed by atoms with E-state index in [9.17, 15) is 0 Å². The van der Waals surface area contributed by atoms with E-state index < -0.39 is 0 Å². The third kappa shape index (κ3) is 3.95. The Labute approximate surface area is 202 Å². The number of benzene rings is 1. The lowest BCUT2D eigenvalue weighted by Crippen LogP contribution is -2.09. The molecule has 1 aliphatic carbocycles. The van der Waals surface area contributed by atoms with Crippen LogP contribution in [0.2, 0.25) is 0 Å². The highest BCUT2D eigenvalue weighted by molar-refractivity contribution is 5.78. The zero-order valence-corrected chi connectivity index (χ0v) is 19.7. The van der Waals surface area contributed by atoms with Gasteiger partial charge in [-0.1, -0.05) is 12.1 Å². The fourth-order valence-electron chi connectivity index (χ4n) is 4.53. The zero-order chi connectivity index (χ0) is 23.9. The molecule has 0 aliphatic heterocycles. The van der Waals surface area contributed by atoms with Crippen molar-refractivity contribution < 1.29 is 0 Å². The first kappa shape index (κ1) is 21.2. The minimum atomic E-state index is 0.647. The monoisotopic (exact) mass is 460 g/mol. The molecular weight excluding hydrogens is 436 g/mol. The lowest BCUT2D eigenvalue weighted by atomic mass is 10.0. The molecule has 1 aliphatic rings. The van der Waals surface area contributed by atoms with Crippen LogP contribution in [0.3, 0.4) is 0 Å². The number of fused-ring (bicyclic) bond motifs is 1. The van der Waals surface area contributed by atoms with Crippen molar-refractivity contribution in [3.05, 3.63) is 83.2 Å². The van der Waals surface area contributed by atoms with Gasteiger partial charge in [0.25, 0.3) is 0 Å². The number of rotatable bonds is 6. The Morgan fingerprint density at radius 2 is 1.86 bits per heavy atom. The average Bonchev–Trinajstić information content (AvgIpc) is 3.58. The maximum Gasteiger partial charge on any atom is 0.157 e. The molecule has 0 bridgehead atoms. The lowest BCUT2D eigenvalue weighted by molar-refractivity contribution is 0.544. The molecule has 8 heteroatoms. The van der Waals surface area contributed by atoms with Crippen molar-refractivity contribution in [1.82, 2.24) is 34.5 Å². The first-order valence-corrected chi connectivity index (χ1v) is 11.8. The standard InChI is InChI=1S/C27H24N8/c1-17-24(34(15-20-5-6-20)33-26(17)21-9-7-19(14-28)8-10-21)12-22-13-25(31-16-30-22)35-23-4-3-11-29-27(23)18(2)32-35/h3-4,7-11,13,16,20H,5-6,12,15H2,1-2H3. The van der Waals surface area contributed by atoms with Crippen molar-refractivity contribution in [1.29, 1.82) is 5.26 Å². The molecule has 35 heavy (non-hydrogen) atoms. The zero-order valence-electron chi connectivity index (χ0n) is 19.7. The molecule has 8 nitrogen and oxygen atoms in total. The molecule has 0 amide bonds. The Kier molecular flexibility index (Phi) is 5.10. The number of hydrogen-bond donors (Lipinski definition) is 0. The molecule has 172 valence electrons. The van der Waals surface area contributed by atoms with E-state index in [0.717, 1.165) is 57.3 Å². The second-order valence-electron chi connectivity index (χ2n) is 9.15. The van der Waals surface area contributed by atoms with E-state index in [-0.39, 0.29) is 0 Å². The number of aromatic nitrogens is 7. The van der Waals surface area contributed by atoms with Crippen LogP contribution in [0, 0.1) is 31.1 Å². The average molecular weight is 461 g/mol. The number of aryl methyl sites for hydroxylation is 1. The summed E-state index contributed by atoms with van der Waals surface area (Å²) in [5.74, 6) is 1.41. The number of nitrogens with zero attached hydrogens (tertiary/aromatic N) is 8. The van der Waals surface area contributed by atoms with Crippen LogP contribution in [0.4, 0.5) is 0 Å². The number of hydrogen-bond acceptors (Lipinski definition) is 6. The van der Waals surface area contributed by atoms with Crippen molar-refractivity contribution in [2.24, 2.45) is 5.92 Å². The SMILES string of the molecule is Cc1c(-c2ccc(C#N)cc2)nn(CC2CC2)c1Cc1cc(-n2nc(C)c3ncccc32)ncn1. The van der Waals surface area contributed by atoms with Gasteiger partial charge >= 0.3 is 0 Å². The van der Waals surface area contributed by atoms with Gasteiger partial charge in [0.05, 0.1) is 34.2 Å².